The van der Waals surface area contributed by atoms with Crippen molar-refractivity contribution in [2.75, 3.05) is 27.2 Å². The summed E-state index contributed by atoms with van der Waals surface area (Å²) < 4.78 is 4.19. The fraction of sp³-hybridized carbons (Fsp3) is 0.286. The Labute approximate surface area is 108 Å². The van der Waals surface area contributed by atoms with Crippen molar-refractivity contribution in [3.63, 3.8) is 0 Å². The smallest absolute Gasteiger partial charge is 0.207 e. The quantitative estimate of drug-likeness (QED) is 0.796. The first kappa shape index (κ1) is 12.1. The highest BCUT2D eigenvalue weighted by Crippen LogP contribution is 2.61. The van der Waals surface area contributed by atoms with Crippen LogP contribution in [0.25, 0.3) is 10.8 Å². The summed E-state index contributed by atoms with van der Waals surface area (Å²) in [5.74, 6) is 0. The Morgan fingerprint density at radius 3 is 2.22 bits per heavy atom. The molecule has 18 heavy (non-hydrogen) atoms. The summed E-state index contributed by atoms with van der Waals surface area (Å²) in [5, 5.41) is 3.46. The Morgan fingerprint density at radius 2 is 1.56 bits per heavy atom. The molecule has 1 saturated heterocycles. The molecule has 0 atom stereocenters. The van der Waals surface area contributed by atoms with Gasteiger partial charge in [-0.2, -0.15) is 0 Å². The van der Waals surface area contributed by atoms with Crippen LogP contribution in [-0.2, 0) is 0 Å². The zero-order valence-electron chi connectivity index (χ0n) is 10.7. The van der Waals surface area contributed by atoms with E-state index in [1.807, 2.05) is 26.2 Å². The van der Waals surface area contributed by atoms with E-state index in [4.69, 9.17) is 0 Å². The number of hydrogen-bond donors (Lipinski definition) is 1. The van der Waals surface area contributed by atoms with Gasteiger partial charge in [-0.05, 0) is 22.9 Å². The molecule has 0 radical (unpaired) electrons. The van der Waals surface area contributed by atoms with Gasteiger partial charge in [0.05, 0.1) is 13.1 Å². The molecule has 1 fully saturated rings. The monoisotopic (exact) mass is 261 g/mol. The lowest BCUT2D eigenvalue weighted by molar-refractivity contribution is 0.477. The summed E-state index contributed by atoms with van der Waals surface area (Å²) >= 11 is 0. The van der Waals surface area contributed by atoms with Crippen molar-refractivity contribution in [2.45, 2.75) is 0 Å². The van der Waals surface area contributed by atoms with Crippen molar-refractivity contribution in [3.05, 3.63) is 42.5 Å². The van der Waals surface area contributed by atoms with Crippen molar-refractivity contribution < 1.29 is 4.89 Å². The van der Waals surface area contributed by atoms with Crippen molar-refractivity contribution in [1.82, 2.24) is 9.34 Å². The number of benzene rings is 2. The maximum Gasteiger partial charge on any atom is 0.319 e. The van der Waals surface area contributed by atoms with E-state index in [-0.39, 0.29) is 0 Å². The number of hydrogen-bond acceptors (Lipinski definition) is 3. The number of likely N-dealkylation sites (N-methyl/N-ethyl adjacent to an activating group) is 2. The van der Waals surface area contributed by atoms with Crippen LogP contribution in [0.3, 0.4) is 0 Å². The Hall–Kier alpha value is -0.990. The molecule has 0 amide bonds. The van der Waals surface area contributed by atoms with Gasteiger partial charge in [0.25, 0.3) is 0 Å². The van der Waals surface area contributed by atoms with Crippen LogP contribution in [0.4, 0.5) is 0 Å². The van der Waals surface area contributed by atoms with Gasteiger partial charge in [-0.25, -0.2) is 4.89 Å². The van der Waals surface area contributed by atoms with Gasteiger partial charge in [0.15, 0.2) is 5.30 Å². The third kappa shape index (κ3) is 1.67. The zero-order valence-corrected chi connectivity index (χ0v) is 11.6. The third-order valence-corrected chi connectivity index (χ3v) is 7.05. The molecule has 0 bridgehead atoms. The molecule has 1 aliphatic heterocycles. The molecule has 2 aromatic carbocycles. The van der Waals surface area contributed by atoms with Gasteiger partial charge in [-0.15, -0.1) is 9.34 Å². The topological polar surface area (TPSA) is 26.7 Å². The number of rotatable bonds is 1. The summed E-state index contributed by atoms with van der Waals surface area (Å²) in [6, 6.07) is 14.6. The summed E-state index contributed by atoms with van der Waals surface area (Å²) in [4.78, 5) is 11.0. The minimum Gasteiger partial charge on any atom is -0.207 e. The highest BCUT2D eigenvalue weighted by molar-refractivity contribution is 7.73. The van der Waals surface area contributed by atoms with Crippen molar-refractivity contribution in [2.24, 2.45) is 0 Å². The van der Waals surface area contributed by atoms with Gasteiger partial charge in [0.2, 0.25) is 0 Å². The summed E-state index contributed by atoms with van der Waals surface area (Å²) in [7, 11) is 1.72. The van der Waals surface area contributed by atoms with E-state index < -0.39 is 7.79 Å². The molecule has 3 rings (SSSR count). The Kier molecular flexibility index (Phi) is 2.87. The first-order valence-electron chi connectivity index (χ1n) is 6.17. The minimum absolute atomic E-state index is 0.924. The van der Waals surface area contributed by atoms with E-state index in [0.717, 1.165) is 18.4 Å². The second-order valence-corrected chi connectivity index (χ2v) is 7.88. The van der Waals surface area contributed by atoms with E-state index in [9.17, 15) is 4.89 Å². The fourth-order valence-electron chi connectivity index (χ4n) is 2.59. The highest BCUT2D eigenvalue weighted by atomic mass is 31.2. The Bertz CT molecular complexity index is 577. The largest absolute Gasteiger partial charge is 0.319 e. The summed E-state index contributed by atoms with van der Waals surface area (Å²) in [6.45, 7) is 1.85. The Morgan fingerprint density at radius 1 is 0.944 bits per heavy atom. The van der Waals surface area contributed by atoms with Crippen LogP contribution in [0.2, 0.25) is 0 Å². The fourth-order valence-corrected chi connectivity index (χ4v) is 5.22. The SMILES string of the molecule is CN1CCN(C)[P+]1(O)c1ccc2ccccc2c1. The standard InChI is InChI=1S/C14H18N2OP/c1-15-9-10-16(2)18(15,17)14-8-7-12-5-3-4-6-13(12)11-14/h3-8,11,17H,9-10H2,1-2H3/q+1. The first-order valence-corrected chi connectivity index (χ1v) is 7.81. The zero-order chi connectivity index (χ0) is 12.8. The van der Waals surface area contributed by atoms with E-state index >= 15 is 0 Å². The Balaban J connectivity index is 2.14. The van der Waals surface area contributed by atoms with E-state index in [2.05, 4.69) is 39.7 Å². The molecule has 1 heterocycles. The lowest BCUT2D eigenvalue weighted by atomic mass is 10.1. The molecule has 4 heteroatoms. The molecular weight excluding hydrogens is 243 g/mol. The van der Waals surface area contributed by atoms with Gasteiger partial charge in [0.1, 0.15) is 0 Å². The lowest BCUT2D eigenvalue weighted by Crippen LogP contribution is -2.28. The van der Waals surface area contributed by atoms with Crippen molar-refractivity contribution in [3.8, 4) is 0 Å². The summed E-state index contributed by atoms with van der Waals surface area (Å²) in [6.07, 6.45) is 0. The second-order valence-electron chi connectivity index (χ2n) is 4.86. The second kappa shape index (κ2) is 4.29. The van der Waals surface area contributed by atoms with Crippen LogP contribution in [0, 0.1) is 0 Å². The average molecular weight is 261 g/mol. The summed E-state index contributed by atoms with van der Waals surface area (Å²) in [5.41, 5.74) is 0. The van der Waals surface area contributed by atoms with E-state index in [1.165, 1.54) is 10.8 Å². The van der Waals surface area contributed by atoms with Crippen LogP contribution in [0.1, 0.15) is 0 Å². The van der Waals surface area contributed by atoms with Crippen LogP contribution in [0.5, 0.6) is 0 Å². The van der Waals surface area contributed by atoms with Crippen molar-refractivity contribution >= 4 is 23.9 Å². The van der Waals surface area contributed by atoms with Crippen LogP contribution in [-0.4, -0.2) is 41.4 Å². The van der Waals surface area contributed by atoms with Crippen LogP contribution >= 0.6 is 7.79 Å². The van der Waals surface area contributed by atoms with Crippen LogP contribution in [0.15, 0.2) is 42.5 Å². The number of fused-ring (bicyclic) bond motifs is 1. The third-order valence-electron chi connectivity index (χ3n) is 3.78. The molecule has 2 aromatic rings. The molecule has 1 aliphatic rings. The molecule has 0 aliphatic carbocycles. The van der Waals surface area contributed by atoms with Gasteiger partial charge < -0.3 is 0 Å². The molecule has 0 unspecified atom stereocenters. The maximum absolute atomic E-state index is 11.0. The molecule has 0 aromatic heterocycles. The van der Waals surface area contributed by atoms with E-state index in [0.29, 0.717) is 0 Å². The highest BCUT2D eigenvalue weighted by Gasteiger charge is 2.53. The van der Waals surface area contributed by atoms with E-state index in [1.54, 1.807) is 0 Å². The molecule has 1 N–H and O–H groups in total. The molecule has 0 saturated carbocycles. The molecule has 3 nitrogen and oxygen atoms in total. The molecule has 94 valence electrons. The minimum atomic E-state index is -2.29. The lowest BCUT2D eigenvalue weighted by Gasteiger charge is -2.25. The maximum atomic E-state index is 11.0. The van der Waals surface area contributed by atoms with Gasteiger partial charge in [-0.1, -0.05) is 30.3 Å². The normalized spacial score (nSPS) is 20.6. The predicted octanol–water partition coefficient (Wildman–Crippen LogP) is 2.10. The van der Waals surface area contributed by atoms with Crippen LogP contribution < -0.4 is 5.30 Å². The van der Waals surface area contributed by atoms with Gasteiger partial charge in [-0.3, -0.25) is 0 Å². The molecular formula is C14H18N2OP+. The number of nitrogens with zero attached hydrogens (tertiary/aromatic N) is 2. The predicted molar refractivity (Wildman–Crippen MR) is 78.0 cm³/mol. The average Bonchev–Trinajstić information content (AvgIpc) is 2.67. The van der Waals surface area contributed by atoms with Gasteiger partial charge in [0, 0.05) is 14.1 Å². The van der Waals surface area contributed by atoms with Crippen molar-refractivity contribution in [1.29, 1.82) is 0 Å². The first-order chi connectivity index (χ1) is 8.62. The molecule has 0 spiro atoms. The van der Waals surface area contributed by atoms with Gasteiger partial charge >= 0.3 is 7.79 Å².